The second-order valence-corrected chi connectivity index (χ2v) is 5.54. The molecule has 0 amide bonds. The Bertz CT molecular complexity index is 515. The van der Waals surface area contributed by atoms with Crippen LogP contribution in [0.15, 0.2) is 12.1 Å². The molecule has 20 heavy (non-hydrogen) atoms. The number of likely N-dealkylation sites (tertiary alicyclic amines) is 1. The Hall–Kier alpha value is -1.73. The molecule has 0 aromatic heterocycles. The molecule has 0 saturated carbocycles. The van der Waals surface area contributed by atoms with E-state index in [4.69, 9.17) is 4.74 Å². The number of piperidine rings is 1. The highest BCUT2D eigenvalue weighted by Crippen LogP contribution is 2.30. The Balaban J connectivity index is 1.60. The average molecular weight is 271 g/mol. The lowest BCUT2D eigenvalue weighted by atomic mass is 10.1. The topological polar surface area (TPSA) is 48.3 Å². The fourth-order valence-corrected chi connectivity index (χ4v) is 3.00. The van der Waals surface area contributed by atoms with Gasteiger partial charge in [0.1, 0.15) is 18.4 Å². The minimum absolute atomic E-state index is 0.658. The average Bonchev–Trinajstić information content (AvgIpc) is 2.94. The first kappa shape index (κ1) is 13.3. The van der Waals surface area contributed by atoms with E-state index in [2.05, 4.69) is 16.3 Å². The second-order valence-electron chi connectivity index (χ2n) is 5.54. The Labute approximate surface area is 120 Å². The number of nitrogens with one attached hydrogen (secondary N) is 1. The van der Waals surface area contributed by atoms with Crippen molar-refractivity contribution in [1.29, 1.82) is 5.26 Å². The van der Waals surface area contributed by atoms with Crippen molar-refractivity contribution in [1.82, 2.24) is 4.90 Å². The van der Waals surface area contributed by atoms with Crippen molar-refractivity contribution in [3.63, 3.8) is 0 Å². The number of benzene rings is 1. The van der Waals surface area contributed by atoms with E-state index in [9.17, 15) is 5.26 Å². The van der Waals surface area contributed by atoms with E-state index in [0.717, 1.165) is 30.9 Å². The predicted octanol–water partition coefficient (Wildman–Crippen LogP) is 2.39. The maximum atomic E-state index is 9.24. The molecule has 2 aliphatic rings. The Morgan fingerprint density at radius 1 is 1.25 bits per heavy atom. The Kier molecular flexibility index (Phi) is 4.08. The second kappa shape index (κ2) is 6.15. The summed E-state index contributed by atoms with van der Waals surface area (Å²) in [7, 11) is 0. The summed E-state index contributed by atoms with van der Waals surface area (Å²) in [5, 5.41) is 12.6. The lowest BCUT2D eigenvalue weighted by molar-refractivity contribution is 0.183. The molecule has 4 heteroatoms. The van der Waals surface area contributed by atoms with E-state index in [1.807, 2.05) is 12.1 Å². The highest BCUT2D eigenvalue weighted by atomic mass is 16.5. The standard InChI is InChI=1S/C16H21N3O/c17-12-14-10-13-4-5-18-15(13)11-16(14)20-9-8-19-6-2-1-3-7-19/h10-11,18H,1-9H2. The van der Waals surface area contributed by atoms with Crippen LogP contribution in [0.1, 0.15) is 30.4 Å². The van der Waals surface area contributed by atoms with E-state index in [-0.39, 0.29) is 0 Å². The van der Waals surface area contributed by atoms with Crippen molar-refractivity contribution < 1.29 is 4.74 Å². The highest BCUT2D eigenvalue weighted by Gasteiger charge is 2.15. The monoisotopic (exact) mass is 271 g/mol. The van der Waals surface area contributed by atoms with Gasteiger partial charge < -0.3 is 10.1 Å². The molecule has 1 aromatic rings. The molecule has 106 valence electrons. The van der Waals surface area contributed by atoms with Crippen molar-refractivity contribution in [2.75, 3.05) is 38.1 Å². The Morgan fingerprint density at radius 3 is 2.90 bits per heavy atom. The number of nitrogens with zero attached hydrogens (tertiary/aromatic N) is 2. The van der Waals surface area contributed by atoms with Crippen LogP contribution in [0.5, 0.6) is 5.75 Å². The van der Waals surface area contributed by atoms with Crippen LogP contribution >= 0.6 is 0 Å². The summed E-state index contributed by atoms with van der Waals surface area (Å²) in [5.41, 5.74) is 3.01. The summed E-state index contributed by atoms with van der Waals surface area (Å²) in [4.78, 5) is 2.45. The van der Waals surface area contributed by atoms with Crippen molar-refractivity contribution in [2.45, 2.75) is 25.7 Å². The number of ether oxygens (including phenoxy) is 1. The van der Waals surface area contributed by atoms with Gasteiger partial charge in [0.15, 0.2) is 0 Å². The molecule has 0 bridgehead atoms. The van der Waals surface area contributed by atoms with Crippen molar-refractivity contribution in [3.05, 3.63) is 23.3 Å². The van der Waals surface area contributed by atoms with Crippen molar-refractivity contribution in [2.24, 2.45) is 0 Å². The molecule has 0 spiro atoms. The summed E-state index contributed by atoms with van der Waals surface area (Å²) in [6, 6.07) is 6.19. The minimum Gasteiger partial charge on any atom is -0.491 e. The van der Waals surface area contributed by atoms with E-state index in [0.29, 0.717) is 12.2 Å². The predicted molar refractivity (Wildman–Crippen MR) is 79.1 cm³/mol. The van der Waals surface area contributed by atoms with Gasteiger partial charge in [-0.25, -0.2) is 0 Å². The zero-order chi connectivity index (χ0) is 13.8. The molecule has 0 aliphatic carbocycles. The quantitative estimate of drug-likeness (QED) is 0.913. The highest BCUT2D eigenvalue weighted by molar-refractivity contribution is 5.63. The molecule has 2 aliphatic heterocycles. The van der Waals surface area contributed by atoms with Crippen molar-refractivity contribution in [3.8, 4) is 11.8 Å². The number of nitriles is 1. The van der Waals surface area contributed by atoms with Crippen LogP contribution in [0.2, 0.25) is 0 Å². The van der Waals surface area contributed by atoms with Gasteiger partial charge in [0, 0.05) is 24.8 Å². The van der Waals surface area contributed by atoms with Crippen LogP contribution in [0, 0.1) is 11.3 Å². The van der Waals surface area contributed by atoms with Gasteiger partial charge in [-0.15, -0.1) is 0 Å². The first-order chi connectivity index (χ1) is 9.86. The molecular formula is C16H21N3O. The summed E-state index contributed by atoms with van der Waals surface area (Å²) in [6.45, 7) is 4.93. The molecule has 0 unspecified atom stereocenters. The molecule has 2 heterocycles. The van der Waals surface area contributed by atoms with Gasteiger partial charge in [-0.05, 0) is 44.0 Å². The maximum Gasteiger partial charge on any atom is 0.139 e. The van der Waals surface area contributed by atoms with Gasteiger partial charge in [-0.3, -0.25) is 4.90 Å². The zero-order valence-electron chi connectivity index (χ0n) is 11.8. The van der Waals surface area contributed by atoms with Gasteiger partial charge >= 0.3 is 0 Å². The fourth-order valence-electron chi connectivity index (χ4n) is 3.00. The zero-order valence-corrected chi connectivity index (χ0v) is 11.8. The summed E-state index contributed by atoms with van der Waals surface area (Å²) < 4.78 is 5.85. The van der Waals surface area contributed by atoms with Crippen LogP contribution in [0.4, 0.5) is 5.69 Å². The first-order valence-corrected chi connectivity index (χ1v) is 7.53. The summed E-state index contributed by atoms with van der Waals surface area (Å²) in [5.74, 6) is 0.720. The van der Waals surface area contributed by atoms with Crippen LogP contribution in [0.25, 0.3) is 0 Å². The number of rotatable bonds is 4. The molecule has 3 rings (SSSR count). The van der Waals surface area contributed by atoms with Crippen LogP contribution in [-0.2, 0) is 6.42 Å². The molecule has 1 saturated heterocycles. The number of anilines is 1. The van der Waals surface area contributed by atoms with Gasteiger partial charge in [-0.2, -0.15) is 5.26 Å². The third-order valence-electron chi connectivity index (χ3n) is 4.15. The van der Waals surface area contributed by atoms with E-state index < -0.39 is 0 Å². The normalized spacial score (nSPS) is 18.1. The number of hydrogen-bond acceptors (Lipinski definition) is 4. The first-order valence-electron chi connectivity index (χ1n) is 7.53. The third-order valence-corrected chi connectivity index (χ3v) is 4.15. The fraction of sp³-hybridized carbons (Fsp3) is 0.562. The maximum absolute atomic E-state index is 9.24. The van der Waals surface area contributed by atoms with Gasteiger partial charge in [0.25, 0.3) is 0 Å². The molecule has 4 nitrogen and oxygen atoms in total. The molecule has 0 atom stereocenters. The molecule has 0 radical (unpaired) electrons. The van der Waals surface area contributed by atoms with E-state index >= 15 is 0 Å². The van der Waals surface area contributed by atoms with Gasteiger partial charge in [-0.1, -0.05) is 6.42 Å². The largest absolute Gasteiger partial charge is 0.491 e. The number of fused-ring (bicyclic) bond motifs is 1. The smallest absolute Gasteiger partial charge is 0.139 e. The van der Waals surface area contributed by atoms with Gasteiger partial charge in [0.05, 0.1) is 5.56 Å². The van der Waals surface area contributed by atoms with Crippen LogP contribution < -0.4 is 10.1 Å². The third kappa shape index (κ3) is 2.88. The minimum atomic E-state index is 0.658. The lowest BCUT2D eigenvalue weighted by Gasteiger charge is -2.26. The molecule has 1 aromatic carbocycles. The summed E-state index contributed by atoms with van der Waals surface area (Å²) in [6.07, 6.45) is 4.95. The van der Waals surface area contributed by atoms with Crippen LogP contribution in [0.3, 0.4) is 0 Å². The summed E-state index contributed by atoms with van der Waals surface area (Å²) >= 11 is 0. The molecular weight excluding hydrogens is 250 g/mol. The van der Waals surface area contributed by atoms with Gasteiger partial charge in [0.2, 0.25) is 0 Å². The number of hydrogen-bond donors (Lipinski definition) is 1. The SMILES string of the molecule is N#Cc1cc2c(cc1OCCN1CCCCC1)NCC2. The lowest BCUT2D eigenvalue weighted by Crippen LogP contribution is -2.33. The van der Waals surface area contributed by atoms with E-state index in [1.165, 1.54) is 37.9 Å². The molecule has 1 fully saturated rings. The van der Waals surface area contributed by atoms with E-state index in [1.54, 1.807) is 0 Å². The Morgan fingerprint density at radius 2 is 2.10 bits per heavy atom. The van der Waals surface area contributed by atoms with Crippen molar-refractivity contribution >= 4 is 5.69 Å². The molecule has 1 N–H and O–H groups in total. The van der Waals surface area contributed by atoms with Crippen LogP contribution in [-0.4, -0.2) is 37.7 Å².